The summed E-state index contributed by atoms with van der Waals surface area (Å²) >= 11 is 0. The number of para-hydroxylation sites is 2. The fourth-order valence-corrected chi connectivity index (χ4v) is 2.15. The van der Waals surface area contributed by atoms with Crippen molar-refractivity contribution >= 4 is 22.9 Å². The van der Waals surface area contributed by atoms with Crippen LogP contribution in [0.1, 0.15) is 27.1 Å². The van der Waals surface area contributed by atoms with E-state index in [1.54, 1.807) is 24.3 Å². The Morgan fingerprint density at radius 2 is 1.17 bits per heavy atom. The number of nitrogens with one attached hydrogen (secondary N) is 1. The summed E-state index contributed by atoms with van der Waals surface area (Å²) < 4.78 is 0. The number of hydrogen-bond donors (Lipinski definition) is 1. The van der Waals surface area contributed by atoms with Crippen LogP contribution in [0.15, 0.2) is 48.5 Å². The topological polar surface area (TPSA) is 46.2 Å². The lowest BCUT2D eigenvalue weighted by Crippen LogP contribution is -2.15. The van der Waals surface area contributed by atoms with Gasteiger partial charge in [-0.15, -0.1) is 0 Å². The Balaban J connectivity index is 2.19. The van der Waals surface area contributed by atoms with Crippen LogP contribution >= 0.6 is 0 Å². The molecule has 0 unspecified atom stereocenters. The molecule has 3 heteroatoms. The maximum atomic E-state index is 12.0. The number of hydrogen-bond acceptors (Lipinski definition) is 3. The Bertz CT molecular complexity index is 591. The van der Waals surface area contributed by atoms with Crippen LogP contribution in [0.4, 0.5) is 11.4 Å². The van der Waals surface area contributed by atoms with Crippen LogP contribution < -0.4 is 5.32 Å². The van der Waals surface area contributed by atoms with Gasteiger partial charge in [-0.3, -0.25) is 9.59 Å². The van der Waals surface area contributed by atoms with Gasteiger partial charge in [-0.25, -0.2) is 0 Å². The van der Waals surface area contributed by atoms with Crippen LogP contribution in [-0.4, -0.2) is 11.6 Å². The molecule has 1 heterocycles. The van der Waals surface area contributed by atoms with E-state index in [9.17, 15) is 9.59 Å². The molecule has 3 nitrogen and oxygen atoms in total. The highest BCUT2D eigenvalue weighted by Gasteiger charge is 2.21. The zero-order valence-electron chi connectivity index (χ0n) is 9.64. The Morgan fingerprint density at radius 3 is 1.67 bits per heavy atom. The number of anilines is 2. The van der Waals surface area contributed by atoms with Crippen molar-refractivity contribution in [2.45, 2.75) is 6.42 Å². The maximum Gasteiger partial charge on any atom is 0.172 e. The van der Waals surface area contributed by atoms with Gasteiger partial charge in [0.25, 0.3) is 0 Å². The average molecular weight is 237 g/mol. The Hall–Kier alpha value is -2.42. The molecular weight excluding hydrogens is 226 g/mol. The lowest BCUT2D eigenvalue weighted by molar-refractivity contribution is 0.0894. The molecule has 0 saturated heterocycles. The van der Waals surface area contributed by atoms with Crippen LogP contribution in [0.5, 0.6) is 0 Å². The minimum atomic E-state index is -0.141. The van der Waals surface area contributed by atoms with Crippen LogP contribution in [0, 0.1) is 0 Å². The van der Waals surface area contributed by atoms with Crippen LogP contribution in [0.2, 0.25) is 0 Å². The van der Waals surface area contributed by atoms with Crippen molar-refractivity contribution in [3.63, 3.8) is 0 Å². The highest BCUT2D eigenvalue weighted by Crippen LogP contribution is 2.28. The van der Waals surface area contributed by atoms with E-state index in [2.05, 4.69) is 5.32 Å². The summed E-state index contributed by atoms with van der Waals surface area (Å²) in [5, 5.41) is 3.16. The number of carbonyl (C=O) groups excluding carboxylic acids is 2. The molecule has 3 rings (SSSR count). The molecule has 88 valence electrons. The fourth-order valence-electron chi connectivity index (χ4n) is 2.15. The molecule has 0 aromatic heterocycles. The first-order valence-electron chi connectivity index (χ1n) is 5.77. The van der Waals surface area contributed by atoms with E-state index in [0.29, 0.717) is 11.1 Å². The van der Waals surface area contributed by atoms with Gasteiger partial charge in [0.15, 0.2) is 11.6 Å². The standard InChI is InChI=1S/C15H11NO2/c17-14-9-15(18)11-6-2-4-8-13(11)16-12-7-3-1-5-10(12)14/h1-8,16H,9H2. The second kappa shape index (κ2) is 4.11. The summed E-state index contributed by atoms with van der Waals surface area (Å²) in [4.78, 5) is 24.0. The lowest BCUT2D eigenvalue weighted by atomic mass is 9.96. The predicted octanol–water partition coefficient (Wildman–Crippen LogP) is 3.20. The number of fused-ring (bicyclic) bond motifs is 2. The van der Waals surface area contributed by atoms with Crippen LogP contribution in [-0.2, 0) is 0 Å². The van der Waals surface area contributed by atoms with E-state index in [4.69, 9.17) is 0 Å². The van der Waals surface area contributed by atoms with Gasteiger partial charge >= 0.3 is 0 Å². The van der Waals surface area contributed by atoms with Gasteiger partial charge in [0, 0.05) is 22.5 Å². The molecule has 0 fully saturated rings. The van der Waals surface area contributed by atoms with Gasteiger partial charge in [0.05, 0.1) is 6.42 Å². The number of benzene rings is 2. The first kappa shape index (κ1) is 10.7. The second-order valence-corrected chi connectivity index (χ2v) is 4.24. The van der Waals surface area contributed by atoms with Crippen molar-refractivity contribution in [1.29, 1.82) is 0 Å². The average Bonchev–Trinajstić information content (AvgIpc) is 2.38. The molecule has 0 bridgehead atoms. The zero-order valence-corrected chi connectivity index (χ0v) is 9.64. The minimum Gasteiger partial charge on any atom is -0.354 e. The van der Waals surface area contributed by atoms with Crippen molar-refractivity contribution in [3.05, 3.63) is 59.7 Å². The van der Waals surface area contributed by atoms with E-state index >= 15 is 0 Å². The summed E-state index contributed by atoms with van der Waals surface area (Å²) in [7, 11) is 0. The molecule has 0 amide bonds. The van der Waals surface area contributed by atoms with Crippen LogP contribution in [0.25, 0.3) is 0 Å². The smallest absolute Gasteiger partial charge is 0.172 e. The second-order valence-electron chi connectivity index (χ2n) is 4.24. The van der Waals surface area contributed by atoms with Gasteiger partial charge in [-0.2, -0.15) is 0 Å². The number of Topliss-reactive ketones (excluding diaryl/α,β-unsaturated/α-hetero) is 2. The molecule has 1 aliphatic rings. The largest absolute Gasteiger partial charge is 0.354 e. The van der Waals surface area contributed by atoms with Gasteiger partial charge in [-0.1, -0.05) is 24.3 Å². The Kier molecular flexibility index (Phi) is 2.45. The molecule has 0 radical (unpaired) electrons. The Labute approximate surface area is 104 Å². The zero-order chi connectivity index (χ0) is 12.5. The van der Waals surface area contributed by atoms with Gasteiger partial charge in [-0.05, 0) is 24.3 Å². The van der Waals surface area contributed by atoms with Gasteiger partial charge < -0.3 is 5.32 Å². The van der Waals surface area contributed by atoms with E-state index in [1.807, 2.05) is 24.3 Å². The molecule has 1 aliphatic heterocycles. The van der Waals surface area contributed by atoms with E-state index in [-0.39, 0.29) is 18.0 Å². The molecule has 18 heavy (non-hydrogen) atoms. The molecule has 0 saturated carbocycles. The maximum absolute atomic E-state index is 12.0. The number of rotatable bonds is 0. The summed E-state index contributed by atoms with van der Waals surface area (Å²) in [5.74, 6) is -0.282. The van der Waals surface area contributed by atoms with Crippen molar-refractivity contribution in [3.8, 4) is 0 Å². The molecule has 2 aromatic carbocycles. The lowest BCUT2D eigenvalue weighted by Gasteiger charge is -2.17. The molecule has 1 N–H and O–H groups in total. The van der Waals surface area contributed by atoms with Crippen LogP contribution in [0.3, 0.4) is 0 Å². The third kappa shape index (κ3) is 1.70. The number of ketones is 2. The summed E-state index contributed by atoms with van der Waals surface area (Å²) in [6.45, 7) is 0. The quantitative estimate of drug-likeness (QED) is 0.716. The van der Waals surface area contributed by atoms with E-state index in [1.165, 1.54) is 0 Å². The summed E-state index contributed by atoms with van der Waals surface area (Å²) in [5.41, 5.74) is 2.64. The molecule has 0 atom stereocenters. The molecule has 2 aromatic rings. The summed E-state index contributed by atoms with van der Waals surface area (Å²) in [6, 6.07) is 14.5. The minimum absolute atomic E-state index is 0.0737. The van der Waals surface area contributed by atoms with Crippen molar-refractivity contribution in [2.24, 2.45) is 0 Å². The van der Waals surface area contributed by atoms with Crippen molar-refractivity contribution in [2.75, 3.05) is 5.32 Å². The van der Waals surface area contributed by atoms with E-state index in [0.717, 1.165) is 11.4 Å². The molecule has 0 aliphatic carbocycles. The highest BCUT2D eigenvalue weighted by atomic mass is 16.1. The molecule has 0 spiro atoms. The Morgan fingerprint density at radius 1 is 0.722 bits per heavy atom. The van der Waals surface area contributed by atoms with Gasteiger partial charge in [0.1, 0.15) is 0 Å². The third-order valence-electron chi connectivity index (χ3n) is 3.05. The highest BCUT2D eigenvalue weighted by molar-refractivity contribution is 6.18. The third-order valence-corrected chi connectivity index (χ3v) is 3.05. The fraction of sp³-hybridized carbons (Fsp3) is 0.0667. The monoisotopic (exact) mass is 237 g/mol. The number of carbonyl (C=O) groups is 2. The first-order valence-corrected chi connectivity index (χ1v) is 5.77. The SMILES string of the molecule is O=C1CC(=O)c2ccccc2Nc2ccccc21. The van der Waals surface area contributed by atoms with Crippen molar-refractivity contribution < 1.29 is 9.59 Å². The summed E-state index contributed by atoms with van der Waals surface area (Å²) in [6.07, 6.45) is -0.0737. The first-order chi connectivity index (χ1) is 8.75. The predicted molar refractivity (Wildman–Crippen MR) is 69.4 cm³/mol. The van der Waals surface area contributed by atoms with Crippen molar-refractivity contribution in [1.82, 2.24) is 0 Å². The normalized spacial score (nSPS) is 14.0. The van der Waals surface area contributed by atoms with Gasteiger partial charge in [0.2, 0.25) is 0 Å². The van der Waals surface area contributed by atoms with E-state index < -0.39 is 0 Å². The molecular formula is C15H11NO2.